The van der Waals surface area contributed by atoms with Gasteiger partial charge in [-0.25, -0.2) is 9.48 Å². The van der Waals surface area contributed by atoms with Crippen LogP contribution in [0.1, 0.15) is 41.6 Å². The van der Waals surface area contributed by atoms with E-state index in [1.807, 2.05) is 32.0 Å². The van der Waals surface area contributed by atoms with Crippen molar-refractivity contribution >= 4 is 5.97 Å². The molecule has 0 amide bonds. The van der Waals surface area contributed by atoms with E-state index in [2.05, 4.69) is 15.3 Å². The molecule has 19 heavy (non-hydrogen) atoms. The molecule has 0 fully saturated rings. The first-order chi connectivity index (χ1) is 9.13. The fraction of sp³-hybridized carbons (Fsp3) is 0.385. The minimum absolute atomic E-state index is 0.118. The van der Waals surface area contributed by atoms with Crippen molar-refractivity contribution in [1.82, 2.24) is 20.0 Å². The molecule has 100 valence electrons. The Morgan fingerprint density at radius 2 is 2.21 bits per heavy atom. The summed E-state index contributed by atoms with van der Waals surface area (Å²) in [6, 6.07) is 5.67. The lowest BCUT2D eigenvalue weighted by molar-refractivity contribution is 0.0592. The van der Waals surface area contributed by atoms with Crippen LogP contribution in [-0.2, 0) is 11.3 Å². The number of carbonyl (C=O) groups excluding carboxylic acids is 1. The fourth-order valence-electron chi connectivity index (χ4n) is 1.90. The van der Waals surface area contributed by atoms with E-state index in [0.717, 1.165) is 11.4 Å². The second-order valence-electron chi connectivity index (χ2n) is 4.45. The van der Waals surface area contributed by atoms with Gasteiger partial charge in [-0.1, -0.05) is 25.1 Å². The molecule has 0 N–H and O–H groups in total. The molecule has 2 aromatic rings. The smallest absolute Gasteiger partial charge is 0.360 e. The van der Waals surface area contributed by atoms with E-state index in [4.69, 9.17) is 4.74 Å². The average molecular weight is 260 g/mol. The van der Waals surface area contributed by atoms with Crippen molar-refractivity contribution in [3.8, 4) is 0 Å². The number of nitrogens with zero attached hydrogens (tertiary/aromatic N) is 4. The number of aromatic nitrogens is 4. The molecule has 0 aliphatic carbocycles. The predicted octanol–water partition coefficient (Wildman–Crippen LogP) is 1.63. The largest absolute Gasteiger partial charge is 0.464 e. The van der Waals surface area contributed by atoms with Gasteiger partial charge >= 0.3 is 5.97 Å². The number of hydrogen-bond donors (Lipinski definition) is 0. The van der Waals surface area contributed by atoms with E-state index in [0.29, 0.717) is 6.54 Å². The van der Waals surface area contributed by atoms with Gasteiger partial charge in [0, 0.05) is 6.20 Å². The average Bonchev–Trinajstić information content (AvgIpc) is 2.83. The fourth-order valence-corrected chi connectivity index (χ4v) is 1.90. The monoisotopic (exact) mass is 260 g/mol. The van der Waals surface area contributed by atoms with Gasteiger partial charge in [0.25, 0.3) is 0 Å². The van der Waals surface area contributed by atoms with Gasteiger partial charge in [0.2, 0.25) is 0 Å². The lowest BCUT2D eigenvalue weighted by Gasteiger charge is -2.09. The first kappa shape index (κ1) is 13.2. The molecule has 2 rings (SSSR count). The van der Waals surface area contributed by atoms with Crippen molar-refractivity contribution in [3.63, 3.8) is 0 Å². The van der Waals surface area contributed by atoms with Gasteiger partial charge < -0.3 is 4.74 Å². The molecule has 0 atom stereocenters. The van der Waals surface area contributed by atoms with Crippen LogP contribution < -0.4 is 0 Å². The Kier molecular flexibility index (Phi) is 3.89. The van der Waals surface area contributed by atoms with Crippen molar-refractivity contribution < 1.29 is 9.53 Å². The summed E-state index contributed by atoms with van der Waals surface area (Å²) in [6.07, 6.45) is 1.72. The van der Waals surface area contributed by atoms with Crippen LogP contribution in [0.2, 0.25) is 0 Å². The molecule has 0 aliphatic heterocycles. The van der Waals surface area contributed by atoms with Gasteiger partial charge in [0.1, 0.15) is 0 Å². The third-order valence-electron chi connectivity index (χ3n) is 2.74. The first-order valence-electron chi connectivity index (χ1n) is 6.05. The standard InChI is InChI=1S/C13H16N4O2/c1-9(2)12-11(13(18)19-3)15-16-17(12)8-10-6-4-5-7-14-10/h4-7,9H,8H2,1-3H3. The molecule has 0 spiro atoms. The van der Waals surface area contributed by atoms with Crippen molar-refractivity contribution in [2.45, 2.75) is 26.3 Å². The Bertz CT molecular complexity index is 563. The molecular formula is C13H16N4O2. The summed E-state index contributed by atoms with van der Waals surface area (Å²) in [5.74, 6) is -0.344. The molecule has 0 radical (unpaired) electrons. The number of methoxy groups -OCH3 is 1. The normalized spacial score (nSPS) is 10.7. The predicted molar refractivity (Wildman–Crippen MR) is 68.8 cm³/mol. The van der Waals surface area contributed by atoms with Crippen molar-refractivity contribution in [2.24, 2.45) is 0 Å². The van der Waals surface area contributed by atoms with E-state index in [1.54, 1.807) is 10.9 Å². The molecule has 6 heteroatoms. The van der Waals surface area contributed by atoms with E-state index < -0.39 is 5.97 Å². The quantitative estimate of drug-likeness (QED) is 0.781. The van der Waals surface area contributed by atoms with E-state index in [9.17, 15) is 4.79 Å². The summed E-state index contributed by atoms with van der Waals surface area (Å²) in [4.78, 5) is 15.9. The minimum Gasteiger partial charge on any atom is -0.464 e. The van der Waals surface area contributed by atoms with E-state index in [1.165, 1.54) is 7.11 Å². The highest BCUT2D eigenvalue weighted by molar-refractivity contribution is 5.88. The van der Waals surface area contributed by atoms with Gasteiger partial charge in [-0.3, -0.25) is 4.98 Å². The van der Waals surface area contributed by atoms with Crippen molar-refractivity contribution in [1.29, 1.82) is 0 Å². The van der Waals surface area contributed by atoms with Crippen molar-refractivity contribution in [2.75, 3.05) is 7.11 Å². The minimum atomic E-state index is -0.462. The van der Waals surface area contributed by atoms with Crippen LogP contribution in [-0.4, -0.2) is 33.1 Å². The summed E-state index contributed by atoms with van der Waals surface area (Å²) in [6.45, 7) is 4.46. The Labute approximate surface area is 111 Å². The first-order valence-corrected chi connectivity index (χ1v) is 6.05. The summed E-state index contributed by atoms with van der Waals surface area (Å²) >= 11 is 0. The van der Waals surface area contributed by atoms with Crippen LogP contribution in [0.25, 0.3) is 0 Å². The highest BCUT2D eigenvalue weighted by Crippen LogP contribution is 2.19. The topological polar surface area (TPSA) is 69.9 Å². The highest BCUT2D eigenvalue weighted by atomic mass is 16.5. The van der Waals surface area contributed by atoms with Gasteiger partial charge in [0.15, 0.2) is 5.69 Å². The van der Waals surface area contributed by atoms with Crippen LogP contribution in [0, 0.1) is 0 Å². The van der Waals surface area contributed by atoms with E-state index >= 15 is 0 Å². The maximum atomic E-state index is 11.7. The number of esters is 1. The number of rotatable bonds is 4. The van der Waals surface area contributed by atoms with Gasteiger partial charge in [0.05, 0.1) is 25.0 Å². The molecule has 0 saturated carbocycles. The molecule has 0 unspecified atom stereocenters. The SMILES string of the molecule is COC(=O)c1nnn(Cc2ccccn2)c1C(C)C. The second kappa shape index (κ2) is 5.60. The zero-order chi connectivity index (χ0) is 13.8. The van der Waals surface area contributed by atoms with E-state index in [-0.39, 0.29) is 11.6 Å². The highest BCUT2D eigenvalue weighted by Gasteiger charge is 2.22. The molecule has 0 aromatic carbocycles. The summed E-state index contributed by atoms with van der Waals surface area (Å²) in [5.41, 5.74) is 1.90. The lowest BCUT2D eigenvalue weighted by atomic mass is 10.1. The Balaban J connectivity index is 2.36. The number of pyridine rings is 1. The van der Waals surface area contributed by atoms with Crippen molar-refractivity contribution in [3.05, 3.63) is 41.5 Å². The zero-order valence-corrected chi connectivity index (χ0v) is 11.2. The second-order valence-corrected chi connectivity index (χ2v) is 4.45. The Hall–Kier alpha value is -2.24. The van der Waals surface area contributed by atoms with Crippen LogP contribution >= 0.6 is 0 Å². The lowest BCUT2D eigenvalue weighted by Crippen LogP contribution is -2.12. The Morgan fingerprint density at radius 1 is 1.42 bits per heavy atom. The van der Waals surface area contributed by atoms with Gasteiger partial charge in [-0.05, 0) is 18.1 Å². The molecule has 0 saturated heterocycles. The third kappa shape index (κ3) is 2.78. The third-order valence-corrected chi connectivity index (χ3v) is 2.74. The van der Waals surface area contributed by atoms with Crippen LogP contribution in [0.3, 0.4) is 0 Å². The van der Waals surface area contributed by atoms with Crippen LogP contribution in [0.5, 0.6) is 0 Å². The summed E-state index contributed by atoms with van der Waals surface area (Å²) in [7, 11) is 1.34. The molecule has 6 nitrogen and oxygen atoms in total. The Morgan fingerprint density at radius 3 is 2.79 bits per heavy atom. The maximum Gasteiger partial charge on any atom is 0.360 e. The van der Waals surface area contributed by atoms with Gasteiger partial charge in [-0.15, -0.1) is 5.10 Å². The van der Waals surface area contributed by atoms with Crippen LogP contribution in [0.15, 0.2) is 24.4 Å². The molecule has 2 aromatic heterocycles. The van der Waals surface area contributed by atoms with Crippen LogP contribution in [0.4, 0.5) is 0 Å². The summed E-state index contributed by atoms with van der Waals surface area (Å²) in [5, 5.41) is 7.94. The summed E-state index contributed by atoms with van der Waals surface area (Å²) < 4.78 is 6.41. The maximum absolute atomic E-state index is 11.7. The zero-order valence-electron chi connectivity index (χ0n) is 11.2. The number of carbonyl (C=O) groups is 1. The number of hydrogen-bond acceptors (Lipinski definition) is 5. The van der Waals surface area contributed by atoms with Gasteiger partial charge in [-0.2, -0.15) is 0 Å². The molecule has 0 bridgehead atoms. The number of ether oxygens (including phenoxy) is 1. The molecular weight excluding hydrogens is 244 g/mol. The molecule has 0 aliphatic rings. The molecule has 2 heterocycles.